The van der Waals surface area contributed by atoms with Gasteiger partial charge in [0.25, 0.3) is 0 Å². The van der Waals surface area contributed by atoms with Gasteiger partial charge in [-0.2, -0.15) is 0 Å². The summed E-state index contributed by atoms with van der Waals surface area (Å²) in [4.78, 5) is 12.1. The predicted octanol–water partition coefficient (Wildman–Crippen LogP) is 3.33. The van der Waals surface area contributed by atoms with E-state index in [9.17, 15) is 4.79 Å². The third kappa shape index (κ3) is 3.61. The maximum Gasteiger partial charge on any atom is 0.338 e. The normalized spacial score (nSPS) is 21.7. The maximum atomic E-state index is 12.1. The first-order chi connectivity index (χ1) is 10.3. The largest absolute Gasteiger partial charge is 0.457 e. The average Bonchev–Trinajstić information content (AvgIpc) is 2.57. The van der Waals surface area contributed by atoms with Gasteiger partial charge in [-0.25, -0.2) is 4.79 Å². The second-order valence-corrected chi connectivity index (χ2v) is 5.61. The number of carbonyl (C=O) groups is 1. The number of piperidine rings is 1. The van der Waals surface area contributed by atoms with Crippen LogP contribution in [0.1, 0.15) is 41.6 Å². The predicted molar refractivity (Wildman–Crippen MR) is 84.1 cm³/mol. The van der Waals surface area contributed by atoms with Gasteiger partial charge in [0.1, 0.15) is 6.10 Å². The minimum atomic E-state index is -0.215. The topological polar surface area (TPSA) is 38.3 Å². The Bertz CT molecular complexity index is 551. The van der Waals surface area contributed by atoms with Gasteiger partial charge in [0.2, 0.25) is 0 Å². The number of benzene rings is 1. The zero-order valence-corrected chi connectivity index (χ0v) is 12.2. The molecular weight excluding hydrogens is 262 g/mol. The Morgan fingerprint density at radius 3 is 2.76 bits per heavy atom. The Kier molecular flexibility index (Phi) is 4.51. The Morgan fingerprint density at radius 1 is 1.24 bits per heavy atom. The number of carbonyl (C=O) groups excluding carboxylic acids is 1. The van der Waals surface area contributed by atoms with Crippen LogP contribution in [0.2, 0.25) is 0 Å². The van der Waals surface area contributed by atoms with E-state index in [1.54, 1.807) is 0 Å². The molecule has 0 radical (unpaired) electrons. The van der Waals surface area contributed by atoms with Gasteiger partial charge in [0, 0.05) is 6.54 Å². The van der Waals surface area contributed by atoms with Crippen molar-refractivity contribution in [3.63, 3.8) is 0 Å². The molecule has 0 amide bonds. The highest BCUT2D eigenvalue weighted by molar-refractivity contribution is 5.90. The van der Waals surface area contributed by atoms with Gasteiger partial charge < -0.3 is 10.1 Å². The van der Waals surface area contributed by atoms with Crippen LogP contribution in [0.4, 0.5) is 0 Å². The first kappa shape index (κ1) is 14.1. The lowest BCUT2D eigenvalue weighted by Crippen LogP contribution is -2.36. The number of allylic oxidation sites excluding steroid dienone is 4. The second-order valence-electron chi connectivity index (χ2n) is 5.61. The summed E-state index contributed by atoms with van der Waals surface area (Å²) in [5.41, 5.74) is 3.15. The van der Waals surface area contributed by atoms with E-state index in [0.717, 1.165) is 38.8 Å². The molecule has 2 aliphatic rings. The van der Waals surface area contributed by atoms with Crippen LogP contribution in [0.3, 0.4) is 0 Å². The molecule has 3 nitrogen and oxygen atoms in total. The minimum absolute atomic E-state index is 0.0112. The van der Waals surface area contributed by atoms with Gasteiger partial charge in [0.05, 0.1) is 5.56 Å². The highest BCUT2D eigenvalue weighted by Gasteiger charge is 2.18. The van der Waals surface area contributed by atoms with Gasteiger partial charge in [0.15, 0.2) is 0 Å². The summed E-state index contributed by atoms with van der Waals surface area (Å²) in [6.45, 7) is 1.79. The van der Waals surface area contributed by atoms with Gasteiger partial charge in [-0.15, -0.1) is 0 Å². The van der Waals surface area contributed by atoms with Crippen molar-refractivity contribution in [2.75, 3.05) is 13.1 Å². The highest BCUT2D eigenvalue weighted by atomic mass is 16.5. The first-order valence-electron chi connectivity index (χ1n) is 7.71. The fraction of sp³-hybridized carbons (Fsp3) is 0.389. The van der Waals surface area contributed by atoms with Crippen molar-refractivity contribution < 1.29 is 9.53 Å². The average molecular weight is 283 g/mol. The van der Waals surface area contributed by atoms with Crippen molar-refractivity contribution >= 4 is 11.5 Å². The summed E-state index contributed by atoms with van der Waals surface area (Å²) in [5, 5.41) is 3.25. The van der Waals surface area contributed by atoms with E-state index < -0.39 is 0 Å². The number of hydrogen-bond donors (Lipinski definition) is 1. The third-order valence-electron chi connectivity index (χ3n) is 4.03. The molecule has 1 heterocycles. The molecule has 0 spiro atoms. The van der Waals surface area contributed by atoms with Crippen LogP contribution in [0, 0.1) is 0 Å². The van der Waals surface area contributed by atoms with Gasteiger partial charge in [-0.1, -0.05) is 30.4 Å². The molecule has 1 N–H and O–H groups in total. The standard InChI is InChI=1S/C18H21NO2/c20-18(21-17-7-4-12-19-13-17)16-10-8-15(9-11-16)14-5-2-1-3-6-14/h1-2,5,8-11,17,19H,3-4,6-7,12-13H2. The molecule has 1 unspecified atom stereocenters. The van der Waals surface area contributed by atoms with Crippen LogP contribution < -0.4 is 5.32 Å². The Hall–Kier alpha value is -1.87. The van der Waals surface area contributed by atoms with Gasteiger partial charge in [-0.05, 0) is 55.5 Å². The van der Waals surface area contributed by atoms with E-state index >= 15 is 0 Å². The molecule has 21 heavy (non-hydrogen) atoms. The molecule has 1 fully saturated rings. The molecule has 0 aromatic heterocycles. The molecule has 1 aromatic carbocycles. The van der Waals surface area contributed by atoms with E-state index in [4.69, 9.17) is 4.74 Å². The summed E-state index contributed by atoms with van der Waals surface area (Å²) in [6, 6.07) is 7.77. The van der Waals surface area contributed by atoms with Gasteiger partial charge >= 0.3 is 5.97 Å². The van der Waals surface area contributed by atoms with E-state index in [1.165, 1.54) is 11.1 Å². The lowest BCUT2D eigenvalue weighted by Gasteiger charge is -2.22. The van der Waals surface area contributed by atoms with Crippen molar-refractivity contribution in [1.82, 2.24) is 5.32 Å². The Balaban J connectivity index is 1.64. The lowest BCUT2D eigenvalue weighted by molar-refractivity contribution is 0.0245. The number of rotatable bonds is 3. The zero-order valence-electron chi connectivity index (χ0n) is 12.2. The van der Waals surface area contributed by atoms with Crippen molar-refractivity contribution in [3.05, 3.63) is 53.6 Å². The maximum absolute atomic E-state index is 12.1. The number of esters is 1. The Morgan fingerprint density at radius 2 is 2.10 bits per heavy atom. The fourth-order valence-corrected chi connectivity index (χ4v) is 2.80. The molecule has 1 aliphatic heterocycles. The van der Waals surface area contributed by atoms with Crippen LogP contribution in [-0.2, 0) is 4.74 Å². The summed E-state index contributed by atoms with van der Waals surface area (Å²) < 4.78 is 5.54. The molecule has 1 aliphatic carbocycles. The van der Waals surface area contributed by atoms with Gasteiger partial charge in [-0.3, -0.25) is 0 Å². The third-order valence-corrected chi connectivity index (χ3v) is 4.03. The minimum Gasteiger partial charge on any atom is -0.457 e. The van der Waals surface area contributed by atoms with Crippen LogP contribution in [0.15, 0.2) is 42.5 Å². The van der Waals surface area contributed by atoms with Crippen molar-refractivity contribution in [2.24, 2.45) is 0 Å². The fourth-order valence-electron chi connectivity index (χ4n) is 2.80. The smallest absolute Gasteiger partial charge is 0.338 e. The first-order valence-corrected chi connectivity index (χ1v) is 7.71. The van der Waals surface area contributed by atoms with Crippen molar-refractivity contribution in [3.8, 4) is 0 Å². The monoisotopic (exact) mass is 283 g/mol. The zero-order chi connectivity index (χ0) is 14.5. The summed E-state index contributed by atoms with van der Waals surface area (Å²) in [6.07, 6.45) is 10.6. The molecule has 1 aromatic rings. The summed E-state index contributed by atoms with van der Waals surface area (Å²) in [5.74, 6) is -0.215. The van der Waals surface area contributed by atoms with Crippen LogP contribution in [0.5, 0.6) is 0 Å². The molecule has 1 atom stereocenters. The Labute approximate surface area is 125 Å². The van der Waals surface area contributed by atoms with E-state index in [2.05, 4.69) is 23.5 Å². The molecular formula is C18H21NO2. The summed E-state index contributed by atoms with van der Waals surface area (Å²) >= 11 is 0. The highest BCUT2D eigenvalue weighted by Crippen LogP contribution is 2.24. The molecule has 0 bridgehead atoms. The molecule has 3 heteroatoms. The number of hydrogen-bond acceptors (Lipinski definition) is 3. The SMILES string of the molecule is O=C(OC1CCCNC1)c1ccc(C2=CC=CCC2)cc1. The van der Waals surface area contributed by atoms with Crippen LogP contribution >= 0.6 is 0 Å². The van der Waals surface area contributed by atoms with Crippen molar-refractivity contribution in [2.45, 2.75) is 31.8 Å². The summed E-state index contributed by atoms with van der Waals surface area (Å²) in [7, 11) is 0. The van der Waals surface area contributed by atoms with Crippen LogP contribution in [-0.4, -0.2) is 25.2 Å². The van der Waals surface area contributed by atoms with E-state index in [-0.39, 0.29) is 12.1 Å². The van der Waals surface area contributed by atoms with Crippen LogP contribution in [0.25, 0.3) is 5.57 Å². The molecule has 3 rings (SSSR count). The van der Waals surface area contributed by atoms with E-state index in [1.807, 2.05) is 24.3 Å². The molecule has 1 saturated heterocycles. The number of nitrogens with one attached hydrogen (secondary N) is 1. The van der Waals surface area contributed by atoms with E-state index in [0.29, 0.717) is 5.56 Å². The quantitative estimate of drug-likeness (QED) is 0.865. The number of ether oxygens (including phenoxy) is 1. The van der Waals surface area contributed by atoms with Crippen molar-refractivity contribution in [1.29, 1.82) is 0 Å². The molecule has 110 valence electrons. The second kappa shape index (κ2) is 6.72. The lowest BCUT2D eigenvalue weighted by atomic mass is 9.97. The molecule has 0 saturated carbocycles.